The molecule has 76 valence electrons. The smallest absolute Gasteiger partial charge is 0.317 e. The molecular weight excluding hydrogens is 314 g/mol. The third kappa shape index (κ3) is 3.40. The molecule has 1 aromatic rings. The Bertz CT molecular complexity index is 321. The highest BCUT2D eigenvalue weighted by atomic mass is 79.9. The number of carbonyl (C=O) groups is 1. The van der Waals surface area contributed by atoms with Gasteiger partial charge in [-0.3, -0.25) is 4.79 Å². The van der Waals surface area contributed by atoms with E-state index in [1.54, 1.807) is 0 Å². The highest BCUT2D eigenvalue weighted by Crippen LogP contribution is 2.24. The molecule has 2 N–H and O–H groups in total. The Morgan fingerprint density at radius 2 is 1.93 bits per heavy atom. The van der Waals surface area contributed by atoms with Gasteiger partial charge in [0.15, 0.2) is 0 Å². The number of carboxylic acid groups (broad SMARTS) is 1. The SMILES string of the molecule is O=C(O)CNCc1c(Br)cccc1Br. The Morgan fingerprint density at radius 1 is 1.36 bits per heavy atom. The van der Waals surface area contributed by atoms with Gasteiger partial charge in [0.25, 0.3) is 0 Å². The van der Waals surface area contributed by atoms with Crippen LogP contribution < -0.4 is 5.32 Å². The van der Waals surface area contributed by atoms with Crippen molar-refractivity contribution >= 4 is 37.8 Å². The molecule has 0 saturated carbocycles. The Hall–Kier alpha value is -0.390. The molecule has 0 heterocycles. The van der Waals surface area contributed by atoms with Gasteiger partial charge in [0.1, 0.15) is 0 Å². The molecule has 0 saturated heterocycles. The van der Waals surface area contributed by atoms with E-state index in [0.717, 1.165) is 14.5 Å². The van der Waals surface area contributed by atoms with E-state index in [9.17, 15) is 4.79 Å². The number of halogens is 2. The van der Waals surface area contributed by atoms with E-state index in [4.69, 9.17) is 5.11 Å². The summed E-state index contributed by atoms with van der Waals surface area (Å²) in [5, 5.41) is 11.3. The Labute approximate surface area is 98.8 Å². The molecule has 0 aliphatic heterocycles. The van der Waals surface area contributed by atoms with Crippen molar-refractivity contribution in [2.45, 2.75) is 6.54 Å². The van der Waals surface area contributed by atoms with Crippen molar-refractivity contribution in [3.63, 3.8) is 0 Å². The van der Waals surface area contributed by atoms with Gasteiger partial charge in [-0.2, -0.15) is 0 Å². The van der Waals surface area contributed by atoms with Crippen LogP contribution in [0.2, 0.25) is 0 Å². The molecule has 0 radical (unpaired) electrons. The van der Waals surface area contributed by atoms with Gasteiger partial charge < -0.3 is 10.4 Å². The molecule has 0 unspecified atom stereocenters. The van der Waals surface area contributed by atoms with Gasteiger partial charge in [-0.15, -0.1) is 0 Å². The summed E-state index contributed by atoms with van der Waals surface area (Å²) in [4.78, 5) is 10.3. The van der Waals surface area contributed by atoms with E-state index >= 15 is 0 Å². The fraction of sp³-hybridized carbons (Fsp3) is 0.222. The maximum Gasteiger partial charge on any atom is 0.317 e. The standard InChI is InChI=1S/C9H9Br2NO2/c10-7-2-1-3-8(11)6(7)4-12-5-9(13)14/h1-3,12H,4-5H2,(H,13,14). The summed E-state index contributed by atoms with van der Waals surface area (Å²) in [6.07, 6.45) is 0. The van der Waals surface area contributed by atoms with Crippen LogP contribution in [-0.4, -0.2) is 17.6 Å². The minimum atomic E-state index is -0.854. The summed E-state index contributed by atoms with van der Waals surface area (Å²) < 4.78 is 1.93. The third-order valence-corrected chi connectivity index (χ3v) is 3.13. The van der Waals surface area contributed by atoms with Crippen molar-refractivity contribution < 1.29 is 9.90 Å². The Kier molecular flexibility index (Phi) is 4.57. The average molecular weight is 323 g/mol. The van der Waals surface area contributed by atoms with Crippen molar-refractivity contribution in [3.05, 3.63) is 32.7 Å². The molecule has 5 heteroatoms. The first kappa shape index (κ1) is 11.7. The zero-order chi connectivity index (χ0) is 10.6. The van der Waals surface area contributed by atoms with Crippen LogP contribution in [0.5, 0.6) is 0 Å². The van der Waals surface area contributed by atoms with Crippen LogP contribution >= 0.6 is 31.9 Å². The lowest BCUT2D eigenvalue weighted by Gasteiger charge is -2.07. The molecule has 3 nitrogen and oxygen atoms in total. The van der Waals surface area contributed by atoms with E-state index in [0.29, 0.717) is 6.54 Å². The van der Waals surface area contributed by atoms with E-state index in [-0.39, 0.29) is 6.54 Å². The van der Waals surface area contributed by atoms with Crippen LogP contribution in [0.15, 0.2) is 27.1 Å². The van der Waals surface area contributed by atoms with Gasteiger partial charge >= 0.3 is 5.97 Å². The molecule has 0 atom stereocenters. The predicted molar refractivity (Wildman–Crippen MR) is 61.2 cm³/mol. The number of carboxylic acids is 1. The van der Waals surface area contributed by atoms with Gasteiger partial charge in [-0.1, -0.05) is 37.9 Å². The van der Waals surface area contributed by atoms with Gasteiger partial charge in [0.05, 0.1) is 6.54 Å². The first-order valence-electron chi connectivity index (χ1n) is 3.96. The maximum absolute atomic E-state index is 10.3. The summed E-state index contributed by atoms with van der Waals surface area (Å²) in [5.41, 5.74) is 1.02. The van der Waals surface area contributed by atoms with Crippen molar-refractivity contribution in [1.29, 1.82) is 0 Å². The van der Waals surface area contributed by atoms with Crippen molar-refractivity contribution in [2.24, 2.45) is 0 Å². The minimum absolute atomic E-state index is 0.0340. The monoisotopic (exact) mass is 321 g/mol. The second-order valence-electron chi connectivity index (χ2n) is 2.70. The number of nitrogens with one attached hydrogen (secondary N) is 1. The van der Waals surface area contributed by atoms with Crippen LogP contribution in [0.3, 0.4) is 0 Å². The minimum Gasteiger partial charge on any atom is -0.480 e. The zero-order valence-corrected chi connectivity index (χ0v) is 10.4. The van der Waals surface area contributed by atoms with Gasteiger partial charge in [0.2, 0.25) is 0 Å². The molecule has 0 aliphatic rings. The predicted octanol–water partition coefficient (Wildman–Crippen LogP) is 2.39. The lowest BCUT2D eigenvalue weighted by Crippen LogP contribution is -2.22. The van der Waals surface area contributed by atoms with Gasteiger partial charge in [0, 0.05) is 15.5 Å². The third-order valence-electron chi connectivity index (χ3n) is 1.64. The second-order valence-corrected chi connectivity index (χ2v) is 4.41. The summed E-state index contributed by atoms with van der Waals surface area (Å²) in [7, 11) is 0. The fourth-order valence-electron chi connectivity index (χ4n) is 0.996. The average Bonchev–Trinajstić information content (AvgIpc) is 2.09. The number of hydrogen-bond donors (Lipinski definition) is 2. The van der Waals surface area contributed by atoms with Crippen LogP contribution in [-0.2, 0) is 11.3 Å². The largest absolute Gasteiger partial charge is 0.480 e. The highest BCUT2D eigenvalue weighted by molar-refractivity contribution is 9.11. The van der Waals surface area contributed by atoms with Crippen LogP contribution in [0.4, 0.5) is 0 Å². The van der Waals surface area contributed by atoms with Crippen LogP contribution in [0.25, 0.3) is 0 Å². The zero-order valence-electron chi connectivity index (χ0n) is 7.26. The molecular formula is C9H9Br2NO2. The molecule has 0 fully saturated rings. The molecule has 0 amide bonds. The molecule has 0 spiro atoms. The number of hydrogen-bond acceptors (Lipinski definition) is 2. The van der Waals surface area contributed by atoms with E-state index in [1.165, 1.54) is 0 Å². The molecule has 0 aromatic heterocycles. The second kappa shape index (κ2) is 5.48. The summed E-state index contributed by atoms with van der Waals surface area (Å²) >= 11 is 6.79. The summed E-state index contributed by atoms with van der Waals surface area (Å²) in [6, 6.07) is 5.75. The lowest BCUT2D eigenvalue weighted by atomic mass is 10.2. The maximum atomic E-state index is 10.3. The molecule has 0 bridgehead atoms. The van der Waals surface area contributed by atoms with E-state index in [1.807, 2.05) is 18.2 Å². The lowest BCUT2D eigenvalue weighted by molar-refractivity contribution is -0.135. The molecule has 1 aromatic carbocycles. The Balaban J connectivity index is 2.62. The van der Waals surface area contributed by atoms with Crippen LogP contribution in [0.1, 0.15) is 5.56 Å². The first-order chi connectivity index (χ1) is 6.61. The number of aliphatic carboxylic acids is 1. The normalized spacial score (nSPS) is 10.1. The van der Waals surface area contributed by atoms with E-state index < -0.39 is 5.97 Å². The highest BCUT2D eigenvalue weighted by Gasteiger charge is 2.04. The quantitative estimate of drug-likeness (QED) is 0.895. The Morgan fingerprint density at radius 3 is 2.43 bits per heavy atom. The van der Waals surface area contributed by atoms with Crippen molar-refractivity contribution in [1.82, 2.24) is 5.32 Å². The molecule has 0 aliphatic carbocycles. The van der Waals surface area contributed by atoms with Crippen LogP contribution in [0, 0.1) is 0 Å². The topological polar surface area (TPSA) is 49.3 Å². The number of rotatable bonds is 4. The van der Waals surface area contributed by atoms with Crippen molar-refractivity contribution in [2.75, 3.05) is 6.54 Å². The van der Waals surface area contributed by atoms with E-state index in [2.05, 4.69) is 37.2 Å². The summed E-state index contributed by atoms with van der Waals surface area (Å²) in [5.74, 6) is -0.854. The van der Waals surface area contributed by atoms with Gasteiger partial charge in [-0.25, -0.2) is 0 Å². The van der Waals surface area contributed by atoms with Crippen molar-refractivity contribution in [3.8, 4) is 0 Å². The summed E-state index contributed by atoms with van der Waals surface area (Å²) in [6.45, 7) is 0.488. The fourth-order valence-corrected chi connectivity index (χ4v) is 2.27. The molecule has 1 rings (SSSR count). The molecule has 14 heavy (non-hydrogen) atoms. The first-order valence-corrected chi connectivity index (χ1v) is 5.55. The number of benzene rings is 1. The van der Waals surface area contributed by atoms with Gasteiger partial charge in [-0.05, 0) is 17.7 Å².